The maximum Gasteiger partial charge on any atom is 0.256 e. The number of amides is 2. The fourth-order valence-corrected chi connectivity index (χ4v) is 7.62. The van der Waals surface area contributed by atoms with E-state index in [1.54, 1.807) is 0 Å². The molecule has 1 fully saturated rings. The summed E-state index contributed by atoms with van der Waals surface area (Å²) >= 11 is 1.37. The SMILES string of the molecule is Cl.NC(=O)c1c(NC(=O)c2ccc(S(=O)(=O)N3CCCC3)cc2)sc2c1CCN(Cc1ccccc1)C2. The van der Waals surface area contributed by atoms with Gasteiger partial charge in [0, 0.05) is 43.2 Å². The summed E-state index contributed by atoms with van der Waals surface area (Å²) in [5, 5.41) is 3.28. The predicted octanol–water partition coefficient (Wildman–Crippen LogP) is 3.86. The number of nitrogens with one attached hydrogen (secondary N) is 1. The lowest BCUT2D eigenvalue weighted by Gasteiger charge is -2.27. The van der Waals surface area contributed by atoms with E-state index in [2.05, 4.69) is 22.3 Å². The van der Waals surface area contributed by atoms with E-state index in [-0.39, 0.29) is 17.3 Å². The van der Waals surface area contributed by atoms with Gasteiger partial charge in [-0.2, -0.15) is 4.31 Å². The summed E-state index contributed by atoms with van der Waals surface area (Å²) in [5.74, 6) is -0.978. The monoisotopic (exact) mass is 560 g/mol. The molecule has 0 saturated carbocycles. The molecule has 0 radical (unpaired) electrons. The largest absolute Gasteiger partial charge is 0.365 e. The highest BCUT2D eigenvalue weighted by Gasteiger charge is 2.29. The number of sulfonamides is 1. The van der Waals surface area contributed by atoms with Gasteiger partial charge in [-0.15, -0.1) is 23.7 Å². The average molecular weight is 561 g/mol. The number of carbonyl (C=O) groups excluding carboxylic acids is 2. The number of carbonyl (C=O) groups is 2. The Morgan fingerprint density at radius 3 is 2.30 bits per heavy atom. The number of primary amides is 1. The van der Waals surface area contributed by atoms with E-state index in [1.807, 2.05) is 18.2 Å². The smallest absolute Gasteiger partial charge is 0.256 e. The van der Waals surface area contributed by atoms with Crippen LogP contribution in [0.4, 0.5) is 5.00 Å². The van der Waals surface area contributed by atoms with Crippen LogP contribution in [0.2, 0.25) is 0 Å². The van der Waals surface area contributed by atoms with Crippen LogP contribution in [-0.2, 0) is 29.5 Å². The zero-order valence-corrected chi connectivity index (χ0v) is 22.6. The number of nitrogens with two attached hydrogens (primary N) is 1. The molecule has 8 nitrogen and oxygen atoms in total. The first-order valence-electron chi connectivity index (χ1n) is 11.9. The van der Waals surface area contributed by atoms with Crippen LogP contribution in [0.5, 0.6) is 0 Å². The minimum Gasteiger partial charge on any atom is -0.365 e. The number of fused-ring (bicyclic) bond motifs is 1. The normalized spacial score (nSPS) is 16.1. The molecule has 2 aliphatic heterocycles. The molecule has 2 amide bonds. The summed E-state index contributed by atoms with van der Waals surface area (Å²) in [6.45, 7) is 3.31. The zero-order valence-electron chi connectivity index (χ0n) is 20.2. The van der Waals surface area contributed by atoms with Gasteiger partial charge >= 0.3 is 0 Å². The molecule has 3 aromatic rings. The van der Waals surface area contributed by atoms with Crippen molar-refractivity contribution in [2.45, 2.75) is 37.2 Å². The van der Waals surface area contributed by atoms with Crippen molar-refractivity contribution in [3.05, 3.63) is 81.7 Å². The zero-order chi connectivity index (χ0) is 25.3. The summed E-state index contributed by atoms with van der Waals surface area (Å²) in [5.41, 5.74) is 8.51. The van der Waals surface area contributed by atoms with Gasteiger partial charge in [-0.25, -0.2) is 8.42 Å². The topological polar surface area (TPSA) is 113 Å². The Bertz CT molecular complexity index is 1390. The standard InChI is InChI=1S/C26H28N4O4S2.ClH/c27-24(31)23-21-12-15-29(16-18-6-2-1-3-7-18)17-22(21)35-26(23)28-25(32)19-8-10-20(11-9-19)36(33,34)30-13-4-5-14-30;/h1-3,6-11H,4-5,12-17H2,(H2,27,31)(H,28,32);1H. The fraction of sp³-hybridized carbons (Fsp3) is 0.308. The lowest BCUT2D eigenvalue weighted by molar-refractivity contribution is 0.0999. The van der Waals surface area contributed by atoms with Gasteiger partial charge in [0.25, 0.3) is 11.8 Å². The summed E-state index contributed by atoms with van der Waals surface area (Å²) in [6.07, 6.45) is 2.39. The van der Waals surface area contributed by atoms with Gasteiger partial charge in [0.2, 0.25) is 10.0 Å². The van der Waals surface area contributed by atoms with Gasteiger partial charge in [-0.05, 0) is 54.7 Å². The molecule has 3 heterocycles. The lowest BCUT2D eigenvalue weighted by atomic mass is 10.0. The van der Waals surface area contributed by atoms with Crippen LogP contribution in [0.3, 0.4) is 0 Å². The Morgan fingerprint density at radius 1 is 0.973 bits per heavy atom. The summed E-state index contributed by atoms with van der Waals surface area (Å²) in [6, 6.07) is 16.1. The van der Waals surface area contributed by atoms with Gasteiger partial charge in [0.05, 0.1) is 10.5 Å². The van der Waals surface area contributed by atoms with Crippen LogP contribution in [0, 0.1) is 0 Å². The number of benzene rings is 2. The molecule has 2 aromatic carbocycles. The van der Waals surface area contributed by atoms with E-state index >= 15 is 0 Å². The minimum absolute atomic E-state index is 0. The molecular weight excluding hydrogens is 532 g/mol. The van der Waals surface area contributed by atoms with Crippen molar-refractivity contribution in [3.63, 3.8) is 0 Å². The first-order chi connectivity index (χ1) is 17.3. The molecule has 1 saturated heterocycles. The molecule has 37 heavy (non-hydrogen) atoms. The number of thiophene rings is 1. The maximum atomic E-state index is 13.0. The van der Waals surface area contributed by atoms with Crippen molar-refractivity contribution >= 4 is 50.6 Å². The average Bonchev–Trinajstić information content (AvgIpc) is 3.53. The second kappa shape index (κ2) is 11.3. The molecule has 0 spiro atoms. The predicted molar refractivity (Wildman–Crippen MR) is 147 cm³/mol. The number of hydrogen-bond acceptors (Lipinski definition) is 6. The van der Waals surface area contributed by atoms with Crippen molar-refractivity contribution < 1.29 is 18.0 Å². The van der Waals surface area contributed by atoms with E-state index < -0.39 is 21.8 Å². The Labute approximate surface area is 226 Å². The van der Waals surface area contributed by atoms with Crippen molar-refractivity contribution in [2.75, 3.05) is 25.0 Å². The van der Waals surface area contributed by atoms with E-state index in [9.17, 15) is 18.0 Å². The molecule has 5 rings (SSSR count). The van der Waals surface area contributed by atoms with E-state index in [0.717, 1.165) is 36.4 Å². The second-order valence-electron chi connectivity index (χ2n) is 9.11. The molecule has 2 aliphatic rings. The van der Waals surface area contributed by atoms with Crippen LogP contribution in [0.25, 0.3) is 0 Å². The molecule has 196 valence electrons. The summed E-state index contributed by atoms with van der Waals surface area (Å²) in [7, 11) is -3.55. The number of rotatable bonds is 7. The highest BCUT2D eigenvalue weighted by molar-refractivity contribution is 7.89. The maximum absolute atomic E-state index is 13.0. The summed E-state index contributed by atoms with van der Waals surface area (Å²) < 4.78 is 27.0. The van der Waals surface area contributed by atoms with Gasteiger partial charge in [0.15, 0.2) is 0 Å². The highest BCUT2D eigenvalue weighted by Crippen LogP contribution is 2.37. The van der Waals surface area contributed by atoms with Crippen molar-refractivity contribution in [2.24, 2.45) is 5.73 Å². The van der Waals surface area contributed by atoms with Crippen LogP contribution in [0.1, 0.15) is 49.6 Å². The van der Waals surface area contributed by atoms with E-state index in [4.69, 9.17) is 5.73 Å². The fourth-order valence-electron chi connectivity index (χ4n) is 4.81. The molecule has 0 atom stereocenters. The third-order valence-corrected chi connectivity index (χ3v) is 9.72. The number of anilines is 1. The lowest BCUT2D eigenvalue weighted by Crippen LogP contribution is -2.30. The second-order valence-corrected chi connectivity index (χ2v) is 12.2. The molecular formula is C26H29ClN4O4S2. The number of nitrogens with zero attached hydrogens (tertiary/aromatic N) is 2. The third kappa shape index (κ3) is 5.73. The quantitative estimate of drug-likeness (QED) is 0.455. The van der Waals surface area contributed by atoms with Gasteiger partial charge < -0.3 is 11.1 Å². The highest BCUT2D eigenvalue weighted by atomic mass is 35.5. The van der Waals surface area contributed by atoms with E-state index in [0.29, 0.717) is 42.2 Å². The van der Waals surface area contributed by atoms with E-state index in [1.165, 1.54) is 45.5 Å². The third-order valence-electron chi connectivity index (χ3n) is 6.68. The van der Waals surface area contributed by atoms with Crippen molar-refractivity contribution in [1.29, 1.82) is 0 Å². The Balaban J connectivity index is 0.00000320. The molecule has 0 aliphatic carbocycles. The molecule has 1 aromatic heterocycles. The van der Waals surface area contributed by atoms with Crippen LogP contribution in [0.15, 0.2) is 59.5 Å². The van der Waals surface area contributed by atoms with Crippen LogP contribution >= 0.6 is 23.7 Å². The minimum atomic E-state index is -3.55. The molecule has 3 N–H and O–H groups in total. The first kappa shape index (κ1) is 27.3. The van der Waals surface area contributed by atoms with Gasteiger partial charge in [0.1, 0.15) is 5.00 Å². The Hall–Kier alpha value is -2.76. The number of halogens is 1. The van der Waals surface area contributed by atoms with Crippen molar-refractivity contribution in [3.8, 4) is 0 Å². The van der Waals surface area contributed by atoms with Gasteiger partial charge in [-0.3, -0.25) is 14.5 Å². The van der Waals surface area contributed by atoms with Crippen LogP contribution in [-0.4, -0.2) is 49.1 Å². The van der Waals surface area contributed by atoms with Crippen LogP contribution < -0.4 is 11.1 Å². The first-order valence-corrected chi connectivity index (χ1v) is 14.2. The summed E-state index contributed by atoms with van der Waals surface area (Å²) in [4.78, 5) is 28.8. The van der Waals surface area contributed by atoms with Gasteiger partial charge in [-0.1, -0.05) is 30.3 Å². The number of hydrogen-bond donors (Lipinski definition) is 2. The molecule has 11 heteroatoms. The molecule has 0 unspecified atom stereocenters. The Morgan fingerprint density at radius 2 is 1.65 bits per heavy atom. The van der Waals surface area contributed by atoms with Crippen molar-refractivity contribution in [1.82, 2.24) is 9.21 Å². The molecule has 0 bridgehead atoms. The Kier molecular flexibility index (Phi) is 8.35.